The Morgan fingerprint density at radius 1 is 0.741 bits per heavy atom. The van der Waals surface area contributed by atoms with Gasteiger partial charge in [-0.25, -0.2) is 9.98 Å². The zero-order valence-electron chi connectivity index (χ0n) is 32.7. The molecule has 0 radical (unpaired) electrons. The molecule has 10 rings (SSSR count). The second-order valence-corrected chi connectivity index (χ2v) is 15.2. The largest absolute Gasteiger partial charge is 0.309 e. The van der Waals surface area contributed by atoms with Gasteiger partial charge < -0.3 is 4.57 Å². The van der Waals surface area contributed by atoms with Gasteiger partial charge in [0.2, 0.25) is 0 Å². The van der Waals surface area contributed by atoms with Gasteiger partial charge in [0.1, 0.15) is 0 Å². The van der Waals surface area contributed by atoms with Gasteiger partial charge in [0, 0.05) is 22.0 Å². The summed E-state index contributed by atoms with van der Waals surface area (Å²) < 4.78 is 2.50. The molecule has 0 fully saturated rings. The van der Waals surface area contributed by atoms with Crippen molar-refractivity contribution in [3.63, 3.8) is 0 Å². The van der Waals surface area contributed by atoms with E-state index in [1.165, 1.54) is 60.9 Å². The van der Waals surface area contributed by atoms with Gasteiger partial charge in [0.05, 0.1) is 27.8 Å². The van der Waals surface area contributed by atoms with Crippen molar-refractivity contribution in [2.45, 2.75) is 32.1 Å². The van der Waals surface area contributed by atoms with Crippen LogP contribution in [0.5, 0.6) is 0 Å². The summed E-state index contributed by atoms with van der Waals surface area (Å²) in [5.74, 6) is 3.20. The van der Waals surface area contributed by atoms with E-state index in [0.29, 0.717) is 11.5 Å². The lowest BCUT2D eigenvalue weighted by Gasteiger charge is -2.39. The van der Waals surface area contributed by atoms with Crippen molar-refractivity contribution >= 4 is 33.4 Å². The monoisotopic (exact) mass is 743 g/mol. The molecule has 58 heavy (non-hydrogen) atoms. The third kappa shape index (κ3) is 5.30. The number of terminal acetylenes is 1. The predicted molar refractivity (Wildman–Crippen MR) is 244 cm³/mol. The molecule has 0 bridgehead atoms. The highest BCUT2D eigenvalue weighted by atomic mass is 15.0. The van der Waals surface area contributed by atoms with Crippen LogP contribution in [-0.4, -0.2) is 16.1 Å². The molecular weight excluding hydrogens is 703 g/mol. The van der Waals surface area contributed by atoms with Gasteiger partial charge in [0.15, 0.2) is 5.84 Å². The van der Waals surface area contributed by atoms with Crippen molar-refractivity contribution in [2.75, 3.05) is 0 Å². The molecule has 3 aliphatic rings. The number of hydrogen-bond acceptors (Lipinski definition) is 1. The summed E-state index contributed by atoms with van der Waals surface area (Å²) in [6, 6.07) is 49.4. The Morgan fingerprint density at radius 3 is 2.14 bits per heavy atom. The second kappa shape index (κ2) is 14.0. The maximum atomic E-state index is 5.56. The minimum atomic E-state index is -0.505. The standard InChI is InChI=1S/C55H41N3/c1-5-7-19-38(6-2)36(3)56-54(57-37(4)39-20-9-8-10-21-39)41-32-30-40(31-33-41)42-34-46-45-24-13-17-28-51(45)58-52-29-18-16-27-49(52)55(50(35-42)53(46)58)47-25-14-11-22-43(47)44-23-12-15-26-48(44)55/h1,6-7,9,11-35H,4,8,10H2,2-3H3/b19-7-,38-6+,56-36+,57-54-. The average Bonchev–Trinajstić information content (AvgIpc) is 3.77. The van der Waals surface area contributed by atoms with Crippen LogP contribution in [0.2, 0.25) is 0 Å². The molecule has 0 amide bonds. The van der Waals surface area contributed by atoms with Crippen LogP contribution in [0.25, 0.3) is 49.7 Å². The van der Waals surface area contributed by atoms with Crippen LogP contribution in [0.4, 0.5) is 0 Å². The average molecular weight is 744 g/mol. The number of fused-ring (bicyclic) bond motifs is 12. The highest BCUT2D eigenvalue weighted by Gasteiger charge is 2.50. The summed E-state index contributed by atoms with van der Waals surface area (Å²) in [7, 11) is 0. The fourth-order valence-electron chi connectivity index (χ4n) is 9.52. The highest BCUT2D eigenvalue weighted by molar-refractivity contribution is 6.15. The minimum absolute atomic E-state index is 0.505. The molecular formula is C55H41N3. The molecule has 3 nitrogen and oxygen atoms in total. The molecule has 1 aromatic heterocycles. The lowest BCUT2D eigenvalue weighted by atomic mass is 9.65. The molecule has 0 N–H and O–H groups in total. The number of hydrogen-bond donors (Lipinski definition) is 0. The number of allylic oxidation sites excluding steroid dienone is 7. The number of aliphatic imine (C=N–C) groups is 2. The molecule has 0 unspecified atom stereocenters. The van der Waals surface area contributed by atoms with Gasteiger partial charge in [-0.1, -0.05) is 146 Å². The normalized spacial score (nSPS) is 15.4. The fourth-order valence-corrected chi connectivity index (χ4v) is 9.52. The molecule has 7 aromatic rings. The Hall–Kier alpha value is -7.28. The Morgan fingerprint density at radius 2 is 1.43 bits per heavy atom. The van der Waals surface area contributed by atoms with E-state index < -0.39 is 5.41 Å². The molecule has 1 aliphatic heterocycles. The van der Waals surface area contributed by atoms with Crippen LogP contribution >= 0.6 is 0 Å². The molecule has 2 aliphatic carbocycles. The van der Waals surface area contributed by atoms with E-state index in [1.807, 2.05) is 26.0 Å². The van der Waals surface area contributed by atoms with Crippen molar-refractivity contribution in [3.8, 4) is 40.3 Å². The lowest BCUT2D eigenvalue weighted by molar-refractivity contribution is 0.749. The van der Waals surface area contributed by atoms with Crippen LogP contribution in [0, 0.1) is 12.3 Å². The number of rotatable bonds is 6. The predicted octanol–water partition coefficient (Wildman–Crippen LogP) is 13.3. The molecule has 2 heterocycles. The molecule has 1 spiro atoms. The van der Waals surface area contributed by atoms with Crippen molar-refractivity contribution in [1.82, 2.24) is 4.57 Å². The molecule has 276 valence electrons. The topological polar surface area (TPSA) is 29.6 Å². The second-order valence-electron chi connectivity index (χ2n) is 15.2. The quantitative estimate of drug-likeness (QED) is 0.0703. The Bertz CT molecular complexity index is 3050. The smallest absolute Gasteiger partial charge is 0.160 e. The Labute approximate surface area is 340 Å². The third-order valence-electron chi connectivity index (χ3n) is 12.1. The van der Waals surface area contributed by atoms with Crippen LogP contribution < -0.4 is 0 Å². The van der Waals surface area contributed by atoms with Crippen molar-refractivity contribution in [2.24, 2.45) is 9.98 Å². The maximum Gasteiger partial charge on any atom is 0.160 e. The van der Waals surface area contributed by atoms with Gasteiger partial charge in [-0.05, 0) is 119 Å². The van der Waals surface area contributed by atoms with E-state index in [2.05, 4.69) is 169 Å². The van der Waals surface area contributed by atoms with E-state index in [-0.39, 0.29) is 0 Å². The minimum Gasteiger partial charge on any atom is -0.309 e. The molecule has 0 saturated carbocycles. The first-order valence-corrected chi connectivity index (χ1v) is 20.0. The summed E-state index contributed by atoms with van der Waals surface area (Å²) in [5.41, 5.74) is 17.7. The van der Waals surface area contributed by atoms with Gasteiger partial charge in [-0.15, -0.1) is 6.42 Å². The van der Waals surface area contributed by atoms with E-state index >= 15 is 0 Å². The zero-order valence-corrected chi connectivity index (χ0v) is 32.7. The summed E-state index contributed by atoms with van der Waals surface area (Å²) in [5, 5.41) is 2.49. The van der Waals surface area contributed by atoms with Gasteiger partial charge >= 0.3 is 0 Å². The number of nitrogens with zero attached hydrogens (tertiary/aromatic N) is 3. The first-order valence-electron chi connectivity index (χ1n) is 20.0. The number of para-hydroxylation sites is 2. The number of aromatic nitrogens is 1. The fraction of sp³-hybridized carbons (Fsp3) is 0.0909. The van der Waals surface area contributed by atoms with Crippen LogP contribution in [0.15, 0.2) is 203 Å². The first kappa shape index (κ1) is 35.2. The van der Waals surface area contributed by atoms with Crippen molar-refractivity contribution in [1.29, 1.82) is 0 Å². The zero-order chi connectivity index (χ0) is 39.4. The molecule has 3 heteroatoms. The number of amidine groups is 1. The SMILES string of the molecule is C#C\C=C/C(=C\C)C(/C)=N/C(=N\C(=C)C1=CCCC=C1)c1ccc(-c2cc3c4c(c2)c2ccccc2n4-c2ccccc2C32c3ccccc3-c3ccccc32)cc1. The van der Waals surface area contributed by atoms with E-state index in [9.17, 15) is 0 Å². The molecule has 0 saturated heterocycles. The van der Waals surface area contributed by atoms with Gasteiger partial charge in [-0.2, -0.15) is 0 Å². The van der Waals surface area contributed by atoms with Gasteiger partial charge in [0.25, 0.3) is 0 Å². The third-order valence-corrected chi connectivity index (χ3v) is 12.1. The van der Waals surface area contributed by atoms with E-state index in [1.54, 1.807) is 6.08 Å². The van der Waals surface area contributed by atoms with Crippen LogP contribution in [-0.2, 0) is 5.41 Å². The lowest BCUT2D eigenvalue weighted by Crippen LogP contribution is -2.33. The first-order chi connectivity index (χ1) is 28.5. The number of benzene rings is 6. The van der Waals surface area contributed by atoms with E-state index in [0.717, 1.165) is 46.4 Å². The molecule has 6 aromatic carbocycles. The summed E-state index contributed by atoms with van der Waals surface area (Å²) in [6.07, 6.45) is 19.7. The summed E-state index contributed by atoms with van der Waals surface area (Å²) in [6.45, 7) is 8.34. The van der Waals surface area contributed by atoms with E-state index in [4.69, 9.17) is 16.4 Å². The Balaban J connectivity index is 1.19. The molecule has 0 atom stereocenters. The Kier molecular flexibility index (Phi) is 8.50. The highest BCUT2D eigenvalue weighted by Crippen LogP contribution is 2.61. The maximum absolute atomic E-state index is 5.56. The van der Waals surface area contributed by atoms with Gasteiger partial charge in [-0.3, -0.25) is 0 Å². The van der Waals surface area contributed by atoms with Crippen LogP contribution in [0.1, 0.15) is 54.5 Å². The van der Waals surface area contributed by atoms with Crippen molar-refractivity contribution in [3.05, 3.63) is 221 Å². The summed E-state index contributed by atoms with van der Waals surface area (Å²) in [4.78, 5) is 10.2. The summed E-state index contributed by atoms with van der Waals surface area (Å²) >= 11 is 0. The van der Waals surface area contributed by atoms with Crippen molar-refractivity contribution < 1.29 is 0 Å². The van der Waals surface area contributed by atoms with Crippen LogP contribution in [0.3, 0.4) is 0 Å².